The van der Waals surface area contributed by atoms with Gasteiger partial charge in [0.15, 0.2) is 0 Å². The third-order valence-electron chi connectivity index (χ3n) is 2.50. The van der Waals surface area contributed by atoms with E-state index in [-0.39, 0.29) is 13.2 Å². The molecule has 0 unspecified atom stereocenters. The first-order chi connectivity index (χ1) is 6.75. The second-order valence-electron chi connectivity index (χ2n) is 5.46. The molecule has 2 nitrogen and oxygen atoms in total. The first-order valence-corrected chi connectivity index (χ1v) is 6.28. The maximum absolute atomic E-state index is 9.18. The molecule has 0 aromatic heterocycles. The number of aliphatic hydroxyl groups is 2. The van der Waals surface area contributed by atoms with Crippen LogP contribution in [0, 0.1) is 10.8 Å². The molecule has 15 heavy (non-hydrogen) atoms. The molecule has 0 aromatic rings. The van der Waals surface area contributed by atoms with Gasteiger partial charge in [-0.3, -0.25) is 0 Å². The van der Waals surface area contributed by atoms with E-state index in [1.165, 1.54) is 0 Å². The van der Waals surface area contributed by atoms with E-state index in [2.05, 4.69) is 27.4 Å². The number of thioether (sulfide) groups is 1. The van der Waals surface area contributed by atoms with Crippen molar-refractivity contribution in [2.75, 3.05) is 19.0 Å². The Morgan fingerprint density at radius 3 is 1.93 bits per heavy atom. The van der Waals surface area contributed by atoms with Crippen LogP contribution in [0.5, 0.6) is 0 Å². The molecule has 0 atom stereocenters. The van der Waals surface area contributed by atoms with Crippen molar-refractivity contribution in [2.45, 2.75) is 34.1 Å². The second-order valence-corrected chi connectivity index (χ2v) is 6.65. The molecule has 0 aliphatic rings. The third-order valence-corrected chi connectivity index (χ3v) is 3.75. The Bertz CT molecular complexity index is 202. The van der Waals surface area contributed by atoms with Crippen molar-refractivity contribution in [2.24, 2.45) is 10.8 Å². The highest BCUT2D eigenvalue weighted by atomic mass is 32.2. The predicted octanol–water partition coefficient (Wildman–Crippen LogP) is 2.66. The van der Waals surface area contributed by atoms with Crippen LogP contribution >= 0.6 is 11.8 Å². The average molecular weight is 232 g/mol. The van der Waals surface area contributed by atoms with Crippen LogP contribution in [0.15, 0.2) is 11.5 Å². The molecule has 0 bridgehead atoms. The Hall–Kier alpha value is 0.01000. The first-order valence-electron chi connectivity index (χ1n) is 5.29. The SMILES string of the molecule is C=C(SCCC(C)(C)C)C(C)(CO)CO. The maximum atomic E-state index is 9.18. The molecule has 0 aromatic carbocycles. The number of hydrogen-bond donors (Lipinski definition) is 2. The molecule has 0 saturated heterocycles. The van der Waals surface area contributed by atoms with Gasteiger partial charge in [0.05, 0.1) is 13.2 Å². The Morgan fingerprint density at radius 1 is 1.13 bits per heavy atom. The molecule has 0 radical (unpaired) electrons. The normalized spacial score (nSPS) is 12.9. The van der Waals surface area contributed by atoms with Crippen LogP contribution < -0.4 is 0 Å². The van der Waals surface area contributed by atoms with Crippen LogP contribution in [0.3, 0.4) is 0 Å². The van der Waals surface area contributed by atoms with Gasteiger partial charge in [-0.05, 0) is 22.5 Å². The Morgan fingerprint density at radius 2 is 1.60 bits per heavy atom. The molecule has 2 N–H and O–H groups in total. The summed E-state index contributed by atoms with van der Waals surface area (Å²) in [6, 6.07) is 0. The Balaban J connectivity index is 4.04. The van der Waals surface area contributed by atoms with Crippen LogP contribution in [0.4, 0.5) is 0 Å². The van der Waals surface area contributed by atoms with E-state index in [9.17, 15) is 10.2 Å². The van der Waals surface area contributed by atoms with E-state index in [1.54, 1.807) is 11.8 Å². The molecule has 0 aliphatic heterocycles. The summed E-state index contributed by atoms with van der Waals surface area (Å²) in [4.78, 5) is 0.872. The van der Waals surface area contributed by atoms with Crippen molar-refractivity contribution in [1.29, 1.82) is 0 Å². The zero-order valence-electron chi connectivity index (χ0n) is 10.3. The van der Waals surface area contributed by atoms with Gasteiger partial charge in [-0.2, -0.15) is 0 Å². The lowest BCUT2D eigenvalue weighted by Crippen LogP contribution is -2.27. The van der Waals surface area contributed by atoms with Gasteiger partial charge in [0.25, 0.3) is 0 Å². The summed E-state index contributed by atoms with van der Waals surface area (Å²) in [7, 11) is 0. The highest BCUT2D eigenvalue weighted by Gasteiger charge is 2.26. The van der Waals surface area contributed by atoms with Gasteiger partial charge < -0.3 is 10.2 Å². The van der Waals surface area contributed by atoms with Gasteiger partial charge in [0.2, 0.25) is 0 Å². The van der Waals surface area contributed by atoms with Gasteiger partial charge in [-0.1, -0.05) is 34.3 Å². The molecular formula is C12H24O2S. The number of aliphatic hydroxyl groups excluding tert-OH is 2. The fourth-order valence-corrected chi connectivity index (χ4v) is 2.32. The smallest absolute Gasteiger partial charge is 0.0552 e. The van der Waals surface area contributed by atoms with E-state index in [0.29, 0.717) is 5.41 Å². The summed E-state index contributed by atoms with van der Waals surface area (Å²) >= 11 is 1.64. The molecule has 0 fully saturated rings. The summed E-state index contributed by atoms with van der Waals surface area (Å²) in [5.41, 5.74) is -0.231. The van der Waals surface area contributed by atoms with Crippen LogP contribution in [-0.2, 0) is 0 Å². The predicted molar refractivity (Wildman–Crippen MR) is 67.9 cm³/mol. The Labute approximate surface area is 97.8 Å². The topological polar surface area (TPSA) is 40.5 Å². The van der Waals surface area contributed by atoms with Crippen LogP contribution in [0.1, 0.15) is 34.1 Å². The molecule has 0 saturated carbocycles. The van der Waals surface area contributed by atoms with E-state index in [0.717, 1.165) is 17.1 Å². The monoisotopic (exact) mass is 232 g/mol. The lowest BCUT2D eigenvalue weighted by molar-refractivity contribution is 0.106. The lowest BCUT2D eigenvalue weighted by Gasteiger charge is -2.27. The quantitative estimate of drug-likeness (QED) is 0.739. The van der Waals surface area contributed by atoms with Crippen molar-refractivity contribution in [3.63, 3.8) is 0 Å². The lowest BCUT2D eigenvalue weighted by atomic mass is 9.93. The Kier molecular flexibility index (Phi) is 5.93. The zero-order valence-corrected chi connectivity index (χ0v) is 11.2. The van der Waals surface area contributed by atoms with Gasteiger partial charge in [-0.15, -0.1) is 11.8 Å². The van der Waals surface area contributed by atoms with Crippen LogP contribution in [-0.4, -0.2) is 29.2 Å². The van der Waals surface area contributed by atoms with Crippen molar-refractivity contribution >= 4 is 11.8 Å². The molecule has 0 heterocycles. The summed E-state index contributed by atoms with van der Waals surface area (Å²) in [6.45, 7) is 12.3. The first kappa shape index (κ1) is 15.0. The van der Waals surface area contributed by atoms with E-state index in [1.807, 2.05) is 6.92 Å². The molecule has 90 valence electrons. The van der Waals surface area contributed by atoms with Crippen molar-refractivity contribution in [3.8, 4) is 0 Å². The third kappa shape index (κ3) is 5.59. The fourth-order valence-electron chi connectivity index (χ4n) is 0.881. The molecular weight excluding hydrogens is 208 g/mol. The van der Waals surface area contributed by atoms with Gasteiger partial charge >= 0.3 is 0 Å². The molecule has 0 amide bonds. The van der Waals surface area contributed by atoms with Crippen LogP contribution in [0.25, 0.3) is 0 Å². The highest BCUT2D eigenvalue weighted by Crippen LogP contribution is 2.35. The summed E-state index contributed by atoms with van der Waals surface area (Å²) in [5.74, 6) is 0.984. The maximum Gasteiger partial charge on any atom is 0.0552 e. The minimum atomic E-state index is -0.553. The minimum absolute atomic E-state index is 0.0507. The second kappa shape index (κ2) is 5.92. The minimum Gasteiger partial charge on any atom is -0.395 e. The molecule has 3 heteroatoms. The number of rotatable bonds is 6. The fraction of sp³-hybridized carbons (Fsp3) is 0.833. The van der Waals surface area contributed by atoms with E-state index >= 15 is 0 Å². The van der Waals surface area contributed by atoms with Gasteiger partial charge in [0.1, 0.15) is 0 Å². The standard InChI is InChI=1S/C12H24O2S/c1-10(12(5,8-13)9-14)15-7-6-11(2,3)4/h13-14H,1,6-9H2,2-5H3. The van der Waals surface area contributed by atoms with Crippen LogP contribution in [0.2, 0.25) is 0 Å². The van der Waals surface area contributed by atoms with E-state index < -0.39 is 5.41 Å². The summed E-state index contributed by atoms with van der Waals surface area (Å²) < 4.78 is 0. The van der Waals surface area contributed by atoms with E-state index in [4.69, 9.17) is 0 Å². The average Bonchev–Trinajstić information content (AvgIpc) is 2.14. The summed E-state index contributed by atoms with van der Waals surface area (Å²) in [5, 5.41) is 18.4. The highest BCUT2D eigenvalue weighted by molar-refractivity contribution is 8.03. The zero-order chi connectivity index (χ0) is 12.1. The van der Waals surface area contributed by atoms with Gasteiger partial charge in [-0.25, -0.2) is 0 Å². The summed E-state index contributed by atoms with van der Waals surface area (Å²) in [6.07, 6.45) is 1.10. The van der Waals surface area contributed by atoms with Crippen molar-refractivity contribution in [1.82, 2.24) is 0 Å². The van der Waals surface area contributed by atoms with Gasteiger partial charge in [0, 0.05) is 5.41 Å². The molecule has 0 aliphatic carbocycles. The number of hydrogen-bond acceptors (Lipinski definition) is 3. The molecule has 0 rings (SSSR count). The molecule has 0 spiro atoms. The largest absolute Gasteiger partial charge is 0.395 e. The van der Waals surface area contributed by atoms with Crippen molar-refractivity contribution < 1.29 is 10.2 Å². The van der Waals surface area contributed by atoms with Crippen molar-refractivity contribution in [3.05, 3.63) is 11.5 Å².